The van der Waals surface area contributed by atoms with Gasteiger partial charge in [-0.3, -0.25) is 9.59 Å². The first kappa shape index (κ1) is 20.4. The number of carboxylic acids is 1. The van der Waals surface area contributed by atoms with Crippen LogP contribution in [-0.2, 0) is 16.1 Å². The summed E-state index contributed by atoms with van der Waals surface area (Å²) in [4.78, 5) is 27.5. The molecule has 7 heteroatoms. The zero-order valence-corrected chi connectivity index (χ0v) is 17.2. The van der Waals surface area contributed by atoms with Crippen molar-refractivity contribution in [3.8, 4) is 0 Å². The molecule has 0 aliphatic carbocycles. The molecule has 3 N–H and O–H groups in total. The number of hydrogen-bond acceptors (Lipinski definition) is 4. The van der Waals surface area contributed by atoms with Gasteiger partial charge in [-0.2, -0.15) is 0 Å². The third kappa shape index (κ3) is 4.56. The lowest BCUT2D eigenvalue weighted by Gasteiger charge is -2.14. The standard InChI is InChI=1S/C22H26N4O3/c1-13-6-5-7-14(2)18(13)11-23-19-10-17(25-20(27)8-9-21(28)29)12-26-16(4)15(3)24-22(19)26/h5-7,10,12,23H,8-9,11H2,1-4H3,(H,25,27)(H,28,29). The number of carboxylic acid groups (broad SMARTS) is 1. The first-order chi connectivity index (χ1) is 13.8. The van der Waals surface area contributed by atoms with E-state index >= 15 is 0 Å². The quantitative estimate of drug-likeness (QED) is 0.563. The second-order valence-electron chi connectivity index (χ2n) is 7.28. The number of nitrogens with one attached hydrogen (secondary N) is 2. The minimum absolute atomic E-state index is 0.0690. The van der Waals surface area contributed by atoms with Crippen molar-refractivity contribution in [1.82, 2.24) is 9.38 Å². The molecule has 1 aromatic carbocycles. The van der Waals surface area contributed by atoms with Gasteiger partial charge in [-0.15, -0.1) is 0 Å². The van der Waals surface area contributed by atoms with Gasteiger partial charge in [0.25, 0.3) is 0 Å². The Hall–Kier alpha value is -3.35. The number of rotatable bonds is 7. The van der Waals surface area contributed by atoms with Crippen LogP contribution in [0.3, 0.4) is 0 Å². The highest BCUT2D eigenvalue weighted by molar-refractivity contribution is 5.93. The van der Waals surface area contributed by atoms with Crippen molar-refractivity contribution in [3.63, 3.8) is 0 Å². The Balaban J connectivity index is 1.91. The number of pyridine rings is 1. The van der Waals surface area contributed by atoms with Crippen molar-refractivity contribution in [1.29, 1.82) is 0 Å². The van der Waals surface area contributed by atoms with E-state index in [9.17, 15) is 9.59 Å². The van der Waals surface area contributed by atoms with Gasteiger partial charge in [0, 0.05) is 24.9 Å². The van der Waals surface area contributed by atoms with E-state index in [0.29, 0.717) is 12.2 Å². The SMILES string of the molecule is Cc1cccc(C)c1CNc1cc(NC(=O)CCC(=O)O)cn2c(C)c(C)nc12. The van der Waals surface area contributed by atoms with Crippen molar-refractivity contribution in [2.45, 2.75) is 47.1 Å². The third-order valence-electron chi connectivity index (χ3n) is 5.15. The molecule has 0 spiro atoms. The van der Waals surface area contributed by atoms with Gasteiger partial charge in [0.15, 0.2) is 5.65 Å². The minimum atomic E-state index is -0.993. The molecule has 0 saturated carbocycles. The topological polar surface area (TPSA) is 95.7 Å². The van der Waals surface area contributed by atoms with Crippen molar-refractivity contribution < 1.29 is 14.7 Å². The lowest BCUT2D eigenvalue weighted by Crippen LogP contribution is -2.14. The average molecular weight is 394 g/mol. The first-order valence-corrected chi connectivity index (χ1v) is 9.56. The molecule has 29 heavy (non-hydrogen) atoms. The zero-order chi connectivity index (χ0) is 21.1. The van der Waals surface area contributed by atoms with Gasteiger partial charge in [0.1, 0.15) is 0 Å². The molecule has 0 unspecified atom stereocenters. The minimum Gasteiger partial charge on any atom is -0.481 e. The largest absolute Gasteiger partial charge is 0.481 e. The number of aromatic nitrogens is 2. The normalized spacial score (nSPS) is 10.9. The molecule has 152 valence electrons. The molecule has 0 aliphatic rings. The van der Waals surface area contributed by atoms with E-state index in [1.807, 2.05) is 36.6 Å². The third-order valence-corrected chi connectivity index (χ3v) is 5.15. The van der Waals surface area contributed by atoms with E-state index in [-0.39, 0.29) is 18.7 Å². The van der Waals surface area contributed by atoms with Crippen molar-refractivity contribution in [2.75, 3.05) is 10.6 Å². The number of anilines is 2. The number of fused-ring (bicyclic) bond motifs is 1. The second-order valence-corrected chi connectivity index (χ2v) is 7.28. The molecule has 0 aliphatic heterocycles. The lowest BCUT2D eigenvalue weighted by molar-refractivity contribution is -0.138. The van der Waals surface area contributed by atoms with Crippen LogP contribution >= 0.6 is 0 Å². The van der Waals surface area contributed by atoms with Crippen LogP contribution in [0, 0.1) is 27.7 Å². The molecule has 0 atom stereocenters. The Morgan fingerprint density at radius 2 is 1.79 bits per heavy atom. The highest BCUT2D eigenvalue weighted by Gasteiger charge is 2.13. The molecule has 0 bridgehead atoms. The molecule has 0 radical (unpaired) electrons. The number of benzene rings is 1. The molecule has 0 saturated heterocycles. The fraction of sp³-hybridized carbons (Fsp3) is 0.318. The molecular weight excluding hydrogens is 368 g/mol. The van der Waals surface area contributed by atoms with Crippen LogP contribution in [0.1, 0.15) is 40.9 Å². The fourth-order valence-corrected chi connectivity index (χ4v) is 3.32. The monoisotopic (exact) mass is 394 g/mol. The number of carbonyl (C=O) groups excluding carboxylic acids is 1. The van der Waals surface area contributed by atoms with E-state index in [0.717, 1.165) is 22.7 Å². The molecule has 3 aromatic rings. The number of nitrogens with zero attached hydrogens (tertiary/aromatic N) is 2. The van der Waals surface area contributed by atoms with Gasteiger partial charge in [-0.05, 0) is 50.5 Å². The van der Waals surface area contributed by atoms with Crippen LogP contribution in [-0.4, -0.2) is 26.4 Å². The van der Waals surface area contributed by atoms with Crippen LogP contribution in [0.25, 0.3) is 5.65 Å². The molecule has 2 aromatic heterocycles. The van der Waals surface area contributed by atoms with Gasteiger partial charge in [-0.25, -0.2) is 4.98 Å². The van der Waals surface area contributed by atoms with Gasteiger partial charge in [0.05, 0.1) is 23.5 Å². The Morgan fingerprint density at radius 1 is 1.10 bits per heavy atom. The maximum Gasteiger partial charge on any atom is 0.303 e. The summed E-state index contributed by atoms with van der Waals surface area (Å²) in [5.41, 5.74) is 7.73. The van der Waals surface area contributed by atoms with Crippen molar-refractivity contribution in [2.24, 2.45) is 0 Å². The van der Waals surface area contributed by atoms with Crippen molar-refractivity contribution in [3.05, 3.63) is 58.5 Å². The van der Waals surface area contributed by atoms with Gasteiger partial charge in [0.2, 0.25) is 5.91 Å². The highest BCUT2D eigenvalue weighted by atomic mass is 16.4. The Kier molecular flexibility index (Phi) is 5.87. The summed E-state index contributed by atoms with van der Waals surface area (Å²) in [6, 6.07) is 8.06. The van der Waals surface area contributed by atoms with E-state index in [4.69, 9.17) is 5.11 Å². The van der Waals surface area contributed by atoms with Crippen LogP contribution < -0.4 is 10.6 Å². The molecule has 0 fully saturated rings. The fourth-order valence-electron chi connectivity index (χ4n) is 3.32. The van der Waals surface area contributed by atoms with Crippen LogP contribution in [0.5, 0.6) is 0 Å². The summed E-state index contributed by atoms with van der Waals surface area (Å²) in [7, 11) is 0. The second kappa shape index (κ2) is 8.34. The van der Waals surface area contributed by atoms with Crippen molar-refractivity contribution >= 4 is 28.9 Å². The Labute approximate surface area is 169 Å². The molecule has 2 heterocycles. The summed E-state index contributed by atoms with van der Waals surface area (Å²) in [6.07, 6.45) is 1.54. The lowest BCUT2D eigenvalue weighted by atomic mass is 10.0. The van der Waals surface area contributed by atoms with Crippen LogP contribution in [0.2, 0.25) is 0 Å². The maximum absolute atomic E-state index is 12.1. The molecule has 1 amide bonds. The summed E-state index contributed by atoms with van der Waals surface area (Å²) in [5.74, 6) is -1.32. The van der Waals surface area contributed by atoms with E-state index in [1.165, 1.54) is 16.7 Å². The maximum atomic E-state index is 12.1. The van der Waals surface area contributed by atoms with Gasteiger partial charge >= 0.3 is 5.97 Å². The first-order valence-electron chi connectivity index (χ1n) is 9.56. The summed E-state index contributed by atoms with van der Waals surface area (Å²) in [6.45, 7) is 8.73. The van der Waals surface area contributed by atoms with E-state index in [1.54, 1.807) is 0 Å². The number of carbonyl (C=O) groups is 2. The molecule has 7 nitrogen and oxygen atoms in total. The predicted octanol–water partition coefficient (Wildman–Crippen LogP) is 3.98. The molecular formula is C22H26N4O3. The van der Waals surface area contributed by atoms with Gasteiger partial charge < -0.3 is 20.1 Å². The van der Waals surface area contributed by atoms with Crippen LogP contribution in [0.15, 0.2) is 30.5 Å². The molecule has 3 rings (SSSR count). The number of amides is 1. The van der Waals surface area contributed by atoms with Crippen LogP contribution in [0.4, 0.5) is 11.4 Å². The Bertz CT molecular complexity index is 1070. The van der Waals surface area contributed by atoms with E-state index in [2.05, 4.69) is 41.6 Å². The predicted molar refractivity (Wildman–Crippen MR) is 113 cm³/mol. The van der Waals surface area contributed by atoms with E-state index < -0.39 is 5.97 Å². The number of aliphatic carboxylic acids is 1. The number of aryl methyl sites for hydroxylation is 4. The van der Waals surface area contributed by atoms with Gasteiger partial charge in [-0.1, -0.05) is 18.2 Å². The number of imidazole rings is 1. The highest BCUT2D eigenvalue weighted by Crippen LogP contribution is 2.26. The number of hydrogen-bond donors (Lipinski definition) is 3. The summed E-state index contributed by atoms with van der Waals surface area (Å²) >= 11 is 0. The average Bonchev–Trinajstić information content (AvgIpc) is 2.94. The smallest absolute Gasteiger partial charge is 0.303 e. The zero-order valence-electron chi connectivity index (χ0n) is 17.2. The summed E-state index contributed by atoms with van der Waals surface area (Å²) < 4.78 is 1.94. The Morgan fingerprint density at radius 3 is 2.45 bits per heavy atom. The summed E-state index contributed by atoms with van der Waals surface area (Å²) in [5, 5.41) is 15.0.